The lowest BCUT2D eigenvalue weighted by molar-refractivity contribution is -0.109. The number of halogens is 1. The van der Waals surface area contributed by atoms with Crippen LogP contribution >= 0.6 is 15.9 Å². The third kappa shape index (κ3) is 2.31. The third-order valence-electron chi connectivity index (χ3n) is 1.98. The fourth-order valence-electron chi connectivity index (χ4n) is 1.04. The number of hydrogen-bond donors (Lipinski definition) is 0. The highest BCUT2D eigenvalue weighted by Gasteiger charge is 2.04. The quantitative estimate of drug-likeness (QED) is 0.763. The number of aldehydes is 1. The largest absolute Gasteiger partial charge is 0.486 e. The Kier molecular flexibility index (Phi) is 3.48. The van der Waals surface area contributed by atoms with E-state index >= 15 is 0 Å². The van der Waals surface area contributed by atoms with Crippen LogP contribution in [0.2, 0.25) is 0 Å². The number of benzene rings is 1. The Morgan fingerprint density at radius 3 is 2.69 bits per heavy atom. The summed E-state index contributed by atoms with van der Waals surface area (Å²) >= 11 is 3.42. The van der Waals surface area contributed by atoms with Crippen LogP contribution in [-0.4, -0.2) is 12.9 Å². The molecule has 0 saturated heterocycles. The predicted octanol–water partition coefficient (Wildman–Crippen LogP) is 2.64. The Morgan fingerprint density at radius 2 is 2.08 bits per heavy atom. The second-order valence-corrected chi connectivity index (χ2v) is 3.63. The van der Waals surface area contributed by atoms with Gasteiger partial charge < -0.3 is 4.74 Å². The van der Waals surface area contributed by atoms with Crippen LogP contribution in [0.1, 0.15) is 11.1 Å². The van der Waals surface area contributed by atoms with Gasteiger partial charge in [0.2, 0.25) is 0 Å². The van der Waals surface area contributed by atoms with Crippen molar-refractivity contribution in [3.8, 4) is 5.75 Å². The molecule has 0 heterocycles. The molecule has 0 saturated carbocycles. The lowest BCUT2D eigenvalue weighted by atomic mass is 10.1. The number of carbonyl (C=O) groups excluding carboxylic acids is 1. The van der Waals surface area contributed by atoms with Gasteiger partial charge in [0.05, 0.1) is 0 Å². The van der Waals surface area contributed by atoms with Gasteiger partial charge in [-0.05, 0) is 37.1 Å². The Balaban J connectivity index is 2.96. The van der Waals surface area contributed by atoms with Crippen LogP contribution in [0.25, 0.3) is 0 Å². The van der Waals surface area contributed by atoms with Crippen LogP contribution in [0.15, 0.2) is 16.6 Å². The van der Waals surface area contributed by atoms with Gasteiger partial charge in [0.25, 0.3) is 0 Å². The molecule has 0 fully saturated rings. The summed E-state index contributed by atoms with van der Waals surface area (Å²) in [7, 11) is 0. The highest BCUT2D eigenvalue weighted by atomic mass is 79.9. The van der Waals surface area contributed by atoms with E-state index in [9.17, 15) is 4.79 Å². The smallest absolute Gasteiger partial charge is 0.157 e. The van der Waals surface area contributed by atoms with E-state index in [1.165, 1.54) is 0 Å². The molecular formula is C10H11BrO2. The molecular weight excluding hydrogens is 232 g/mol. The molecule has 0 aliphatic heterocycles. The number of ether oxygens (including phenoxy) is 1. The van der Waals surface area contributed by atoms with Gasteiger partial charge in [-0.3, -0.25) is 4.79 Å². The van der Waals surface area contributed by atoms with E-state index in [0.29, 0.717) is 0 Å². The second-order valence-electron chi connectivity index (χ2n) is 2.77. The Labute approximate surface area is 86.0 Å². The zero-order valence-corrected chi connectivity index (χ0v) is 9.22. The van der Waals surface area contributed by atoms with Crippen molar-refractivity contribution in [3.05, 3.63) is 27.7 Å². The molecule has 0 spiro atoms. The summed E-state index contributed by atoms with van der Waals surface area (Å²) in [4.78, 5) is 10.1. The molecule has 1 aromatic rings. The van der Waals surface area contributed by atoms with Crippen LogP contribution in [0, 0.1) is 13.8 Å². The molecule has 13 heavy (non-hydrogen) atoms. The molecule has 0 aliphatic rings. The summed E-state index contributed by atoms with van der Waals surface area (Å²) in [6.45, 7) is 4.09. The van der Waals surface area contributed by atoms with Gasteiger partial charge in [-0.2, -0.15) is 0 Å². The highest BCUT2D eigenvalue weighted by molar-refractivity contribution is 9.10. The molecule has 0 atom stereocenters. The molecule has 0 bridgehead atoms. The zero-order valence-electron chi connectivity index (χ0n) is 7.63. The maximum Gasteiger partial charge on any atom is 0.157 e. The average Bonchev–Trinajstić information content (AvgIpc) is 2.13. The standard InChI is InChI=1S/C10H11BrO2/c1-7-8(2)10(13-6-5-12)4-3-9(7)11/h3-5H,6H2,1-2H3. The van der Waals surface area contributed by atoms with Crippen LogP contribution in [0.5, 0.6) is 5.75 Å². The molecule has 2 nitrogen and oxygen atoms in total. The van der Waals surface area contributed by atoms with Crippen molar-refractivity contribution in [2.75, 3.05) is 6.61 Å². The molecule has 1 rings (SSSR count). The highest BCUT2D eigenvalue weighted by Crippen LogP contribution is 2.27. The van der Waals surface area contributed by atoms with E-state index < -0.39 is 0 Å². The maximum absolute atomic E-state index is 10.1. The zero-order chi connectivity index (χ0) is 9.84. The van der Waals surface area contributed by atoms with Crippen LogP contribution in [0.3, 0.4) is 0 Å². The Hall–Kier alpha value is -0.830. The van der Waals surface area contributed by atoms with E-state index in [0.717, 1.165) is 27.6 Å². The second kappa shape index (κ2) is 4.42. The number of rotatable bonds is 3. The molecule has 0 aliphatic carbocycles. The summed E-state index contributed by atoms with van der Waals surface area (Å²) in [6, 6.07) is 3.78. The molecule has 0 aromatic heterocycles. The van der Waals surface area contributed by atoms with Crippen molar-refractivity contribution >= 4 is 22.2 Å². The summed E-state index contributed by atoms with van der Waals surface area (Å²) in [5.41, 5.74) is 2.21. The van der Waals surface area contributed by atoms with Crippen LogP contribution in [-0.2, 0) is 4.79 Å². The molecule has 0 N–H and O–H groups in total. The van der Waals surface area contributed by atoms with Gasteiger partial charge in [0.15, 0.2) is 6.29 Å². The first-order valence-corrected chi connectivity index (χ1v) is 4.78. The lowest BCUT2D eigenvalue weighted by Gasteiger charge is -2.09. The van der Waals surface area contributed by atoms with Gasteiger partial charge in [-0.25, -0.2) is 0 Å². The molecule has 0 unspecified atom stereocenters. The summed E-state index contributed by atoms with van der Waals surface area (Å²) in [5, 5.41) is 0. The first-order valence-electron chi connectivity index (χ1n) is 3.99. The minimum absolute atomic E-state index is 0.113. The van der Waals surface area contributed by atoms with Gasteiger partial charge in [0, 0.05) is 4.47 Å². The van der Waals surface area contributed by atoms with Crippen molar-refractivity contribution in [1.29, 1.82) is 0 Å². The predicted molar refractivity (Wildman–Crippen MR) is 55.2 cm³/mol. The average molecular weight is 243 g/mol. The molecule has 0 radical (unpaired) electrons. The van der Waals surface area contributed by atoms with Crippen molar-refractivity contribution in [2.24, 2.45) is 0 Å². The fraction of sp³-hybridized carbons (Fsp3) is 0.300. The van der Waals surface area contributed by atoms with E-state index in [1.807, 2.05) is 26.0 Å². The first-order chi connectivity index (χ1) is 6.16. The monoisotopic (exact) mass is 242 g/mol. The lowest BCUT2D eigenvalue weighted by Crippen LogP contribution is -2.00. The van der Waals surface area contributed by atoms with E-state index in [-0.39, 0.29) is 6.61 Å². The molecule has 70 valence electrons. The normalized spacial score (nSPS) is 9.77. The minimum atomic E-state index is 0.113. The number of hydrogen-bond acceptors (Lipinski definition) is 2. The molecule has 3 heteroatoms. The van der Waals surface area contributed by atoms with Gasteiger partial charge in [-0.1, -0.05) is 15.9 Å². The van der Waals surface area contributed by atoms with Crippen molar-refractivity contribution in [1.82, 2.24) is 0 Å². The number of carbonyl (C=O) groups is 1. The van der Waals surface area contributed by atoms with Crippen molar-refractivity contribution in [2.45, 2.75) is 13.8 Å². The third-order valence-corrected chi connectivity index (χ3v) is 2.84. The SMILES string of the molecule is Cc1c(Br)ccc(OCC=O)c1C. The van der Waals surface area contributed by atoms with Gasteiger partial charge in [-0.15, -0.1) is 0 Å². The van der Waals surface area contributed by atoms with E-state index in [1.54, 1.807) is 0 Å². The Bertz CT molecular complexity index is 321. The Morgan fingerprint density at radius 1 is 1.38 bits per heavy atom. The molecule has 1 aromatic carbocycles. The van der Waals surface area contributed by atoms with Crippen molar-refractivity contribution < 1.29 is 9.53 Å². The topological polar surface area (TPSA) is 26.3 Å². The summed E-state index contributed by atoms with van der Waals surface area (Å²) in [5.74, 6) is 0.771. The van der Waals surface area contributed by atoms with Crippen LogP contribution in [0.4, 0.5) is 0 Å². The summed E-state index contributed by atoms with van der Waals surface area (Å²) in [6.07, 6.45) is 0.747. The van der Waals surface area contributed by atoms with Crippen LogP contribution < -0.4 is 4.74 Å². The van der Waals surface area contributed by atoms with Gasteiger partial charge >= 0.3 is 0 Å². The van der Waals surface area contributed by atoms with Gasteiger partial charge in [0.1, 0.15) is 12.4 Å². The summed E-state index contributed by atoms with van der Waals surface area (Å²) < 4.78 is 6.29. The van der Waals surface area contributed by atoms with Crippen molar-refractivity contribution in [3.63, 3.8) is 0 Å². The first kappa shape index (κ1) is 10.3. The minimum Gasteiger partial charge on any atom is -0.486 e. The maximum atomic E-state index is 10.1. The molecule has 0 amide bonds. The van der Waals surface area contributed by atoms with E-state index in [4.69, 9.17) is 4.74 Å². The van der Waals surface area contributed by atoms with E-state index in [2.05, 4.69) is 15.9 Å². The fourth-order valence-corrected chi connectivity index (χ4v) is 1.47.